The quantitative estimate of drug-likeness (QED) is 0.352. The second kappa shape index (κ2) is 13.5. The second-order valence-electron chi connectivity index (χ2n) is 11.0. The van der Waals surface area contributed by atoms with Crippen LogP contribution in [0.25, 0.3) is 0 Å². The first-order valence-corrected chi connectivity index (χ1v) is 16.1. The van der Waals surface area contributed by atoms with Crippen LogP contribution in [0, 0.1) is 5.82 Å². The Balaban J connectivity index is 1.45. The summed E-state index contributed by atoms with van der Waals surface area (Å²) in [6.07, 6.45) is -0.808. The van der Waals surface area contributed by atoms with E-state index in [0.717, 1.165) is 58.7 Å². The van der Waals surface area contributed by atoms with Crippen LogP contribution in [-0.4, -0.2) is 107 Å². The van der Waals surface area contributed by atoms with E-state index in [1.807, 2.05) is 24.1 Å². The van der Waals surface area contributed by atoms with Crippen molar-refractivity contribution in [2.24, 2.45) is 0 Å². The third-order valence-electron chi connectivity index (χ3n) is 7.98. The van der Waals surface area contributed by atoms with E-state index >= 15 is 0 Å². The van der Waals surface area contributed by atoms with Gasteiger partial charge >= 0.3 is 6.09 Å². The van der Waals surface area contributed by atoms with Crippen LogP contribution in [-0.2, 0) is 32.6 Å². The Morgan fingerprint density at radius 1 is 1.09 bits per heavy atom. The molecule has 2 aromatic carbocycles. The maximum Gasteiger partial charge on any atom is 0.435 e. The molecule has 1 fully saturated rings. The van der Waals surface area contributed by atoms with Gasteiger partial charge in [0.15, 0.2) is 5.82 Å². The SMILES string of the molecule is CCOC(=O)n1nc(NC(=O)c2ccc(N3CCN(C)CC3)c(N(C)CCOC)c2)c2c1CN(S(=O)(=O)c1cccc(F)c1)C2. The number of anilines is 3. The molecule has 0 saturated carbocycles. The highest BCUT2D eigenvalue weighted by Gasteiger charge is 2.38. The average Bonchev–Trinajstić information content (AvgIpc) is 3.61. The van der Waals surface area contributed by atoms with Gasteiger partial charge in [-0.3, -0.25) is 4.79 Å². The Morgan fingerprint density at radius 3 is 2.53 bits per heavy atom. The van der Waals surface area contributed by atoms with Crippen LogP contribution in [0.15, 0.2) is 47.4 Å². The molecule has 0 spiro atoms. The van der Waals surface area contributed by atoms with Crippen LogP contribution in [0.5, 0.6) is 0 Å². The van der Waals surface area contributed by atoms with Gasteiger partial charge in [-0.05, 0) is 50.4 Å². The van der Waals surface area contributed by atoms with E-state index in [4.69, 9.17) is 9.47 Å². The van der Waals surface area contributed by atoms with Gasteiger partial charge in [-0.2, -0.15) is 8.99 Å². The van der Waals surface area contributed by atoms with Crippen LogP contribution in [0.2, 0.25) is 0 Å². The molecule has 0 aliphatic carbocycles. The lowest BCUT2D eigenvalue weighted by Gasteiger charge is -2.36. The Labute approximate surface area is 262 Å². The number of methoxy groups -OCH3 is 1. The number of nitrogens with zero attached hydrogens (tertiary/aromatic N) is 6. The topological polar surface area (TPSA) is 130 Å². The predicted octanol–water partition coefficient (Wildman–Crippen LogP) is 2.82. The standard InChI is InChI=1S/C30H38FN7O6S/c1-5-44-30(40)38-27-20-37(45(41,42)23-8-6-7-22(31)18-23)19-24(27)28(33-38)32-29(39)21-9-10-25(36-13-11-34(2)12-14-36)26(17-21)35(3)15-16-43-4/h6-10,17-18H,5,11-16,19-20H2,1-4H3,(H,32,33,39). The van der Waals surface area contributed by atoms with Crippen LogP contribution < -0.4 is 15.1 Å². The lowest BCUT2D eigenvalue weighted by Crippen LogP contribution is -2.45. The van der Waals surface area contributed by atoms with E-state index in [2.05, 4.69) is 27.3 Å². The minimum Gasteiger partial charge on any atom is -0.448 e. The van der Waals surface area contributed by atoms with E-state index in [1.165, 1.54) is 12.1 Å². The highest BCUT2D eigenvalue weighted by Crippen LogP contribution is 2.35. The van der Waals surface area contributed by atoms with Gasteiger partial charge in [0.2, 0.25) is 10.0 Å². The molecule has 0 bridgehead atoms. The molecule has 0 atom stereocenters. The summed E-state index contributed by atoms with van der Waals surface area (Å²) in [5, 5.41) is 7.09. The molecule has 3 aromatic rings. The fourth-order valence-electron chi connectivity index (χ4n) is 5.41. The molecule has 1 N–H and O–H groups in total. The summed E-state index contributed by atoms with van der Waals surface area (Å²) in [6.45, 7) is 5.95. The molecule has 1 amide bonds. The van der Waals surface area contributed by atoms with E-state index in [1.54, 1.807) is 20.1 Å². The van der Waals surface area contributed by atoms with Gasteiger partial charge in [0.25, 0.3) is 5.91 Å². The van der Waals surface area contributed by atoms with Crippen molar-refractivity contribution in [1.82, 2.24) is 19.0 Å². The van der Waals surface area contributed by atoms with Gasteiger partial charge in [-0.25, -0.2) is 17.6 Å². The molecule has 1 saturated heterocycles. The summed E-state index contributed by atoms with van der Waals surface area (Å²) in [7, 11) is 1.54. The number of fused-ring (bicyclic) bond motifs is 1. The number of aromatic nitrogens is 2. The number of carbonyl (C=O) groups excluding carboxylic acids is 2. The van der Waals surface area contributed by atoms with Crippen LogP contribution >= 0.6 is 0 Å². The van der Waals surface area contributed by atoms with Gasteiger partial charge in [0.05, 0.1) is 41.7 Å². The largest absolute Gasteiger partial charge is 0.448 e. The second-order valence-corrected chi connectivity index (χ2v) is 12.9. The van der Waals surface area contributed by atoms with Gasteiger partial charge < -0.3 is 29.5 Å². The molecule has 0 radical (unpaired) electrons. The molecule has 0 unspecified atom stereocenters. The number of amides is 1. The molecule has 1 aromatic heterocycles. The molecule has 15 heteroatoms. The van der Waals surface area contributed by atoms with Crippen molar-refractivity contribution in [1.29, 1.82) is 0 Å². The number of halogens is 1. The Hall–Kier alpha value is -4.05. The number of nitrogens with one attached hydrogen (secondary N) is 1. The summed E-state index contributed by atoms with van der Waals surface area (Å²) in [5.41, 5.74) is 2.83. The fourth-order valence-corrected chi connectivity index (χ4v) is 6.81. The zero-order chi connectivity index (χ0) is 32.3. The normalized spacial score (nSPS) is 15.6. The first-order chi connectivity index (χ1) is 21.5. The van der Waals surface area contributed by atoms with Crippen LogP contribution in [0.1, 0.15) is 28.5 Å². The Morgan fingerprint density at radius 2 is 1.84 bits per heavy atom. The van der Waals surface area contributed by atoms with Crippen molar-refractivity contribution >= 4 is 39.2 Å². The Kier molecular flexibility index (Phi) is 9.72. The number of sulfonamides is 1. The minimum absolute atomic E-state index is 0.0393. The number of piperazine rings is 1. The minimum atomic E-state index is -4.13. The molecule has 242 valence electrons. The number of likely N-dealkylation sites (N-methyl/N-ethyl adjacent to an activating group) is 2. The molecule has 2 aliphatic heterocycles. The van der Waals surface area contributed by atoms with Crippen LogP contribution in [0.3, 0.4) is 0 Å². The van der Waals surface area contributed by atoms with E-state index < -0.39 is 27.8 Å². The summed E-state index contributed by atoms with van der Waals surface area (Å²) in [5.74, 6) is -1.13. The molecule has 5 rings (SSSR count). The van der Waals surface area contributed by atoms with Crippen molar-refractivity contribution in [3.8, 4) is 0 Å². The average molecular weight is 644 g/mol. The van der Waals surface area contributed by atoms with Crippen molar-refractivity contribution in [3.63, 3.8) is 0 Å². The maximum absolute atomic E-state index is 13.9. The number of benzene rings is 2. The summed E-state index contributed by atoms with van der Waals surface area (Å²) in [6, 6.07) is 10.2. The lowest BCUT2D eigenvalue weighted by molar-refractivity contribution is 0.102. The lowest BCUT2D eigenvalue weighted by atomic mass is 10.1. The molecule has 13 nitrogen and oxygen atoms in total. The first-order valence-electron chi connectivity index (χ1n) is 14.7. The fraction of sp³-hybridized carbons (Fsp3) is 0.433. The van der Waals surface area contributed by atoms with Gasteiger partial charge in [-0.1, -0.05) is 6.07 Å². The first kappa shape index (κ1) is 32.3. The molecular formula is C30H38FN7O6S. The highest BCUT2D eigenvalue weighted by molar-refractivity contribution is 7.89. The zero-order valence-electron chi connectivity index (χ0n) is 25.8. The van der Waals surface area contributed by atoms with Gasteiger partial charge in [-0.15, -0.1) is 5.10 Å². The number of hydrogen-bond donors (Lipinski definition) is 1. The van der Waals surface area contributed by atoms with Crippen molar-refractivity contribution < 1.29 is 31.9 Å². The molecule has 45 heavy (non-hydrogen) atoms. The summed E-state index contributed by atoms with van der Waals surface area (Å²) < 4.78 is 53.1. The Bertz CT molecular complexity index is 1670. The van der Waals surface area contributed by atoms with E-state index in [-0.39, 0.29) is 36.1 Å². The molecule has 2 aliphatic rings. The molecule has 3 heterocycles. The predicted molar refractivity (Wildman–Crippen MR) is 167 cm³/mol. The monoisotopic (exact) mass is 643 g/mol. The van der Waals surface area contributed by atoms with Crippen molar-refractivity contribution in [2.75, 3.05) is 82.3 Å². The van der Waals surface area contributed by atoms with Crippen molar-refractivity contribution in [2.45, 2.75) is 24.9 Å². The summed E-state index contributed by atoms with van der Waals surface area (Å²) >= 11 is 0. The maximum atomic E-state index is 13.9. The number of hydrogen-bond acceptors (Lipinski definition) is 10. The van der Waals surface area contributed by atoms with E-state index in [0.29, 0.717) is 24.3 Å². The number of ether oxygens (including phenoxy) is 2. The van der Waals surface area contributed by atoms with E-state index in [9.17, 15) is 22.4 Å². The smallest absolute Gasteiger partial charge is 0.435 e. The number of carbonyl (C=O) groups is 2. The third kappa shape index (κ3) is 6.81. The van der Waals surface area contributed by atoms with Crippen molar-refractivity contribution in [3.05, 3.63) is 65.1 Å². The number of rotatable bonds is 10. The third-order valence-corrected chi connectivity index (χ3v) is 9.77. The zero-order valence-corrected chi connectivity index (χ0v) is 26.6. The van der Waals surface area contributed by atoms with Gasteiger partial charge in [0, 0.05) is 64.6 Å². The highest BCUT2D eigenvalue weighted by atomic mass is 32.2. The van der Waals surface area contributed by atoms with Crippen LogP contribution in [0.4, 0.5) is 26.4 Å². The summed E-state index contributed by atoms with van der Waals surface area (Å²) in [4.78, 5) is 32.8. The molecular weight excluding hydrogens is 605 g/mol. The van der Waals surface area contributed by atoms with Gasteiger partial charge in [0.1, 0.15) is 5.82 Å².